The maximum Gasteiger partial charge on any atom is 0.296 e. The van der Waals surface area contributed by atoms with Gasteiger partial charge in [-0.15, -0.1) is 0 Å². The molecule has 0 atom stereocenters. The summed E-state index contributed by atoms with van der Waals surface area (Å²) in [5, 5.41) is 0. The van der Waals surface area contributed by atoms with Gasteiger partial charge in [0.1, 0.15) is 0 Å². The zero-order chi connectivity index (χ0) is 14.3. The molecule has 1 aromatic rings. The van der Waals surface area contributed by atoms with Crippen molar-refractivity contribution in [3.8, 4) is 0 Å². The van der Waals surface area contributed by atoms with E-state index in [1.807, 2.05) is 6.92 Å². The highest BCUT2D eigenvalue weighted by atomic mass is 32.2. The average Bonchev–Trinajstić information content (AvgIpc) is 2.37. The molecule has 0 aliphatic heterocycles. The SMILES string of the molecule is CCCC(CCC)COS(=O)(=O)c1ccc(C)cc1. The Morgan fingerprint density at radius 1 is 1.05 bits per heavy atom. The predicted molar refractivity (Wildman–Crippen MR) is 77.6 cm³/mol. The molecule has 1 rings (SSSR count). The van der Waals surface area contributed by atoms with Crippen LogP contribution < -0.4 is 0 Å². The third-order valence-corrected chi connectivity index (χ3v) is 4.46. The Labute approximate surface area is 117 Å². The maximum absolute atomic E-state index is 12.0. The van der Waals surface area contributed by atoms with Crippen LogP contribution in [0.3, 0.4) is 0 Å². The molecule has 0 aromatic heterocycles. The van der Waals surface area contributed by atoms with Crippen LogP contribution in [0, 0.1) is 12.8 Å². The molecule has 0 N–H and O–H groups in total. The minimum absolute atomic E-state index is 0.241. The smallest absolute Gasteiger partial charge is 0.266 e. The summed E-state index contributed by atoms with van der Waals surface area (Å²) >= 11 is 0. The second-order valence-electron chi connectivity index (χ2n) is 5.00. The van der Waals surface area contributed by atoms with Crippen LogP contribution in [-0.2, 0) is 14.3 Å². The molecule has 0 saturated heterocycles. The first-order valence-electron chi connectivity index (χ1n) is 6.95. The molecule has 0 spiro atoms. The zero-order valence-corrected chi connectivity index (χ0v) is 12.9. The van der Waals surface area contributed by atoms with E-state index in [0.29, 0.717) is 5.92 Å². The lowest BCUT2D eigenvalue weighted by molar-refractivity contribution is 0.235. The summed E-state index contributed by atoms with van der Waals surface area (Å²) < 4.78 is 29.3. The van der Waals surface area contributed by atoms with Gasteiger partial charge >= 0.3 is 0 Å². The zero-order valence-electron chi connectivity index (χ0n) is 12.1. The van der Waals surface area contributed by atoms with Gasteiger partial charge in [-0.25, -0.2) is 0 Å². The lowest BCUT2D eigenvalue weighted by Gasteiger charge is -2.15. The standard InChI is InChI=1S/C15H24O3S/c1-4-6-14(7-5-2)12-18-19(16,17)15-10-8-13(3)9-11-15/h8-11,14H,4-7,12H2,1-3H3. The van der Waals surface area contributed by atoms with Crippen LogP contribution in [0.15, 0.2) is 29.2 Å². The van der Waals surface area contributed by atoms with E-state index in [-0.39, 0.29) is 11.5 Å². The van der Waals surface area contributed by atoms with Gasteiger partial charge in [-0.3, -0.25) is 4.18 Å². The fourth-order valence-corrected chi connectivity index (χ4v) is 3.06. The first kappa shape index (κ1) is 16.2. The molecule has 0 aliphatic rings. The van der Waals surface area contributed by atoms with Crippen molar-refractivity contribution in [2.75, 3.05) is 6.61 Å². The first-order chi connectivity index (χ1) is 8.99. The number of aryl methyl sites for hydroxylation is 1. The van der Waals surface area contributed by atoms with Gasteiger partial charge in [0.2, 0.25) is 0 Å². The van der Waals surface area contributed by atoms with Crippen LogP contribution in [0.25, 0.3) is 0 Å². The van der Waals surface area contributed by atoms with Gasteiger partial charge in [0.05, 0.1) is 11.5 Å². The van der Waals surface area contributed by atoms with E-state index in [1.54, 1.807) is 24.3 Å². The summed E-state index contributed by atoms with van der Waals surface area (Å²) in [5.41, 5.74) is 1.04. The van der Waals surface area contributed by atoms with E-state index < -0.39 is 10.1 Å². The highest BCUT2D eigenvalue weighted by Gasteiger charge is 2.17. The molecular weight excluding hydrogens is 260 g/mol. The molecule has 0 fully saturated rings. The Kier molecular flexibility index (Phi) is 6.52. The molecule has 19 heavy (non-hydrogen) atoms. The van der Waals surface area contributed by atoms with Crippen molar-refractivity contribution in [2.45, 2.75) is 51.3 Å². The van der Waals surface area contributed by atoms with Crippen molar-refractivity contribution >= 4 is 10.1 Å². The summed E-state index contributed by atoms with van der Waals surface area (Å²) in [6.07, 6.45) is 4.13. The van der Waals surface area contributed by atoms with Gasteiger partial charge < -0.3 is 0 Å². The number of hydrogen-bond donors (Lipinski definition) is 0. The van der Waals surface area contributed by atoms with Crippen molar-refractivity contribution in [1.82, 2.24) is 0 Å². The highest BCUT2D eigenvalue weighted by Crippen LogP contribution is 2.18. The molecule has 1 aromatic carbocycles. The van der Waals surface area contributed by atoms with Crippen LogP contribution in [0.1, 0.15) is 45.1 Å². The number of hydrogen-bond acceptors (Lipinski definition) is 3. The summed E-state index contributed by atoms with van der Waals surface area (Å²) in [7, 11) is -3.61. The molecule has 0 radical (unpaired) electrons. The van der Waals surface area contributed by atoms with E-state index in [9.17, 15) is 8.42 Å². The van der Waals surface area contributed by atoms with E-state index in [2.05, 4.69) is 13.8 Å². The Morgan fingerprint density at radius 3 is 2.05 bits per heavy atom. The second-order valence-corrected chi connectivity index (χ2v) is 6.61. The number of benzene rings is 1. The van der Waals surface area contributed by atoms with Crippen LogP contribution in [0.4, 0.5) is 0 Å². The van der Waals surface area contributed by atoms with Crippen molar-refractivity contribution in [2.24, 2.45) is 5.92 Å². The maximum atomic E-state index is 12.0. The minimum Gasteiger partial charge on any atom is -0.266 e. The molecule has 0 amide bonds. The molecular formula is C15H24O3S. The van der Waals surface area contributed by atoms with Crippen molar-refractivity contribution in [3.63, 3.8) is 0 Å². The van der Waals surface area contributed by atoms with Gasteiger partial charge in [-0.05, 0) is 37.8 Å². The minimum atomic E-state index is -3.61. The van der Waals surface area contributed by atoms with E-state index in [1.165, 1.54) is 0 Å². The predicted octanol–water partition coefficient (Wildman–Crippen LogP) is 3.92. The molecule has 0 heterocycles. The largest absolute Gasteiger partial charge is 0.296 e. The fraction of sp³-hybridized carbons (Fsp3) is 0.600. The summed E-state index contributed by atoms with van der Waals surface area (Å²) in [6, 6.07) is 6.76. The van der Waals surface area contributed by atoms with Gasteiger partial charge in [-0.1, -0.05) is 44.4 Å². The third kappa shape index (κ3) is 5.33. The Hall–Kier alpha value is -0.870. The Morgan fingerprint density at radius 2 is 1.58 bits per heavy atom. The van der Waals surface area contributed by atoms with Crippen LogP contribution in [-0.4, -0.2) is 15.0 Å². The molecule has 3 nitrogen and oxygen atoms in total. The van der Waals surface area contributed by atoms with Crippen LogP contribution in [0.2, 0.25) is 0 Å². The average molecular weight is 284 g/mol. The van der Waals surface area contributed by atoms with Gasteiger partial charge in [0.25, 0.3) is 10.1 Å². The van der Waals surface area contributed by atoms with E-state index in [4.69, 9.17) is 4.18 Å². The van der Waals surface area contributed by atoms with Crippen LogP contribution >= 0.6 is 0 Å². The molecule has 4 heteroatoms. The van der Waals surface area contributed by atoms with Gasteiger partial charge in [0.15, 0.2) is 0 Å². The Balaban J connectivity index is 2.66. The van der Waals surface area contributed by atoms with Crippen molar-refractivity contribution < 1.29 is 12.6 Å². The number of rotatable bonds is 8. The van der Waals surface area contributed by atoms with Crippen LogP contribution in [0.5, 0.6) is 0 Å². The van der Waals surface area contributed by atoms with E-state index in [0.717, 1.165) is 31.2 Å². The monoisotopic (exact) mass is 284 g/mol. The molecule has 0 aliphatic carbocycles. The highest BCUT2D eigenvalue weighted by molar-refractivity contribution is 7.86. The summed E-state index contributed by atoms with van der Waals surface area (Å²) in [4.78, 5) is 0.241. The molecule has 0 unspecified atom stereocenters. The van der Waals surface area contributed by atoms with Gasteiger partial charge in [-0.2, -0.15) is 8.42 Å². The fourth-order valence-electron chi connectivity index (χ4n) is 2.09. The lowest BCUT2D eigenvalue weighted by Crippen LogP contribution is -2.15. The molecule has 0 saturated carbocycles. The third-order valence-electron chi connectivity index (χ3n) is 3.16. The molecule has 0 bridgehead atoms. The lowest BCUT2D eigenvalue weighted by atomic mass is 10.00. The van der Waals surface area contributed by atoms with E-state index >= 15 is 0 Å². The van der Waals surface area contributed by atoms with Crippen molar-refractivity contribution in [1.29, 1.82) is 0 Å². The van der Waals surface area contributed by atoms with Crippen molar-refractivity contribution in [3.05, 3.63) is 29.8 Å². The molecule has 108 valence electrons. The summed E-state index contributed by atoms with van der Waals surface area (Å²) in [5.74, 6) is 0.329. The second kappa shape index (κ2) is 7.65. The first-order valence-corrected chi connectivity index (χ1v) is 8.36. The topological polar surface area (TPSA) is 43.4 Å². The Bertz CT molecular complexity index is 457. The quantitative estimate of drug-likeness (QED) is 0.680. The normalized spacial score (nSPS) is 12.0. The van der Waals surface area contributed by atoms with Gasteiger partial charge in [0, 0.05) is 0 Å². The summed E-state index contributed by atoms with van der Waals surface area (Å²) in [6.45, 7) is 6.43.